The second-order valence-corrected chi connectivity index (χ2v) is 8.49. The molecule has 7 heteroatoms. The second kappa shape index (κ2) is 11.4. The molecule has 7 nitrogen and oxygen atoms in total. The first-order valence-corrected chi connectivity index (χ1v) is 11.7. The van der Waals surface area contributed by atoms with Gasteiger partial charge in [-0.1, -0.05) is 65.4 Å². The highest BCUT2D eigenvalue weighted by Crippen LogP contribution is 2.28. The van der Waals surface area contributed by atoms with Crippen molar-refractivity contribution < 1.29 is 14.3 Å². The SMILES string of the molecule is COc1ccc(CN(Cc2c(-c3ccc(C)cc3)nnn2C)C(=O)/C=C/c2ccccc2)c(OC)c1. The fourth-order valence-electron chi connectivity index (χ4n) is 3.91. The van der Waals surface area contributed by atoms with Gasteiger partial charge >= 0.3 is 0 Å². The van der Waals surface area contributed by atoms with Crippen LogP contribution in [0.15, 0.2) is 78.9 Å². The van der Waals surface area contributed by atoms with Gasteiger partial charge in [-0.05, 0) is 30.7 Å². The van der Waals surface area contributed by atoms with Gasteiger partial charge in [-0.3, -0.25) is 4.79 Å². The average molecular weight is 483 g/mol. The van der Waals surface area contributed by atoms with E-state index in [1.165, 1.54) is 5.56 Å². The van der Waals surface area contributed by atoms with Crippen molar-refractivity contribution in [3.63, 3.8) is 0 Å². The fraction of sp³-hybridized carbons (Fsp3) is 0.207. The van der Waals surface area contributed by atoms with E-state index in [0.717, 1.165) is 28.1 Å². The molecule has 0 N–H and O–H groups in total. The Labute approximate surface area is 211 Å². The average Bonchev–Trinajstić information content (AvgIpc) is 3.27. The van der Waals surface area contributed by atoms with Crippen molar-refractivity contribution in [2.75, 3.05) is 14.2 Å². The van der Waals surface area contributed by atoms with E-state index in [9.17, 15) is 4.79 Å². The molecule has 0 unspecified atom stereocenters. The summed E-state index contributed by atoms with van der Waals surface area (Å²) >= 11 is 0. The molecular formula is C29H30N4O3. The number of carbonyl (C=O) groups is 1. The maximum Gasteiger partial charge on any atom is 0.247 e. The molecule has 0 saturated carbocycles. The number of amides is 1. The van der Waals surface area contributed by atoms with Crippen LogP contribution in [0.4, 0.5) is 0 Å². The molecule has 0 fully saturated rings. The van der Waals surface area contributed by atoms with Crippen LogP contribution in [0.2, 0.25) is 0 Å². The van der Waals surface area contributed by atoms with Gasteiger partial charge in [0.1, 0.15) is 17.2 Å². The number of hydrogen-bond acceptors (Lipinski definition) is 5. The molecule has 4 rings (SSSR count). The Morgan fingerprint density at radius 3 is 2.42 bits per heavy atom. The molecule has 0 atom stereocenters. The van der Waals surface area contributed by atoms with Gasteiger partial charge in [0, 0.05) is 30.3 Å². The second-order valence-electron chi connectivity index (χ2n) is 8.49. The summed E-state index contributed by atoms with van der Waals surface area (Å²) in [5.41, 5.74) is 5.54. The summed E-state index contributed by atoms with van der Waals surface area (Å²) in [7, 11) is 5.07. The zero-order valence-corrected chi connectivity index (χ0v) is 21.0. The van der Waals surface area contributed by atoms with E-state index in [2.05, 4.69) is 10.3 Å². The highest BCUT2D eigenvalue weighted by molar-refractivity contribution is 5.91. The molecule has 184 valence electrons. The minimum absolute atomic E-state index is 0.132. The smallest absolute Gasteiger partial charge is 0.247 e. The lowest BCUT2D eigenvalue weighted by atomic mass is 10.1. The summed E-state index contributed by atoms with van der Waals surface area (Å²) in [6, 6.07) is 23.5. The minimum atomic E-state index is -0.132. The third-order valence-electron chi connectivity index (χ3n) is 5.99. The van der Waals surface area contributed by atoms with Crippen molar-refractivity contribution in [3.05, 3.63) is 101 Å². The number of methoxy groups -OCH3 is 2. The maximum atomic E-state index is 13.5. The first kappa shape index (κ1) is 24.7. The number of aryl methyl sites for hydroxylation is 2. The number of benzene rings is 3. The van der Waals surface area contributed by atoms with E-state index in [1.54, 1.807) is 29.9 Å². The molecule has 1 aromatic heterocycles. The first-order valence-electron chi connectivity index (χ1n) is 11.7. The number of hydrogen-bond donors (Lipinski definition) is 0. The largest absolute Gasteiger partial charge is 0.497 e. The molecule has 0 aliphatic carbocycles. The molecule has 0 radical (unpaired) electrons. The monoisotopic (exact) mass is 482 g/mol. The van der Waals surface area contributed by atoms with E-state index in [0.29, 0.717) is 24.6 Å². The summed E-state index contributed by atoms with van der Waals surface area (Å²) in [6.45, 7) is 2.70. The Kier molecular flexibility index (Phi) is 7.80. The van der Waals surface area contributed by atoms with Gasteiger partial charge in [-0.2, -0.15) is 0 Å². The third-order valence-corrected chi connectivity index (χ3v) is 5.99. The molecule has 36 heavy (non-hydrogen) atoms. The number of ether oxygens (including phenoxy) is 2. The van der Waals surface area contributed by atoms with E-state index in [1.807, 2.05) is 92.8 Å². The molecule has 0 aliphatic heterocycles. The van der Waals surface area contributed by atoms with Crippen LogP contribution in [0, 0.1) is 6.92 Å². The predicted octanol–water partition coefficient (Wildman–Crippen LogP) is 5.05. The van der Waals surface area contributed by atoms with Crippen molar-refractivity contribution in [3.8, 4) is 22.8 Å². The van der Waals surface area contributed by atoms with E-state index in [4.69, 9.17) is 9.47 Å². The summed E-state index contributed by atoms with van der Waals surface area (Å²) in [5, 5.41) is 8.66. The molecular weight excluding hydrogens is 452 g/mol. The Morgan fingerprint density at radius 1 is 0.972 bits per heavy atom. The zero-order valence-electron chi connectivity index (χ0n) is 21.0. The van der Waals surface area contributed by atoms with Crippen molar-refractivity contribution >= 4 is 12.0 Å². The molecule has 0 aliphatic rings. The van der Waals surface area contributed by atoms with Crippen LogP contribution in [-0.4, -0.2) is 40.0 Å². The molecule has 0 bridgehead atoms. The Morgan fingerprint density at radius 2 is 1.72 bits per heavy atom. The van der Waals surface area contributed by atoms with Crippen LogP contribution in [0.5, 0.6) is 11.5 Å². The van der Waals surface area contributed by atoms with E-state index < -0.39 is 0 Å². The Hall–Kier alpha value is -4.39. The van der Waals surface area contributed by atoms with Gasteiger partial charge in [0.2, 0.25) is 5.91 Å². The molecule has 0 saturated heterocycles. The lowest BCUT2D eigenvalue weighted by Crippen LogP contribution is -2.30. The standard InChI is InChI=1S/C29H30N4O3/c1-21-10-13-23(14-11-21)29-26(32(2)31-30-29)20-33(28(34)17-12-22-8-6-5-7-9-22)19-24-15-16-25(35-3)18-27(24)36-4/h5-18H,19-20H2,1-4H3/b17-12+. The Bertz CT molecular complexity index is 1340. The summed E-state index contributed by atoms with van der Waals surface area (Å²) in [4.78, 5) is 15.3. The maximum absolute atomic E-state index is 13.5. The highest BCUT2D eigenvalue weighted by atomic mass is 16.5. The van der Waals surface area contributed by atoms with Crippen molar-refractivity contribution in [1.82, 2.24) is 19.9 Å². The van der Waals surface area contributed by atoms with Crippen LogP contribution in [0.25, 0.3) is 17.3 Å². The van der Waals surface area contributed by atoms with Gasteiger partial charge < -0.3 is 14.4 Å². The lowest BCUT2D eigenvalue weighted by molar-refractivity contribution is -0.127. The van der Waals surface area contributed by atoms with Crippen molar-refractivity contribution in [2.24, 2.45) is 7.05 Å². The van der Waals surface area contributed by atoms with Crippen LogP contribution >= 0.6 is 0 Å². The number of carbonyl (C=O) groups excluding carboxylic acids is 1. The van der Waals surface area contributed by atoms with Crippen LogP contribution in [-0.2, 0) is 24.9 Å². The predicted molar refractivity (Wildman–Crippen MR) is 140 cm³/mol. The van der Waals surface area contributed by atoms with Gasteiger partial charge in [-0.25, -0.2) is 4.68 Å². The van der Waals surface area contributed by atoms with Gasteiger partial charge in [0.25, 0.3) is 0 Å². The summed E-state index contributed by atoms with van der Waals surface area (Å²) in [5.74, 6) is 1.21. The number of aromatic nitrogens is 3. The van der Waals surface area contributed by atoms with Gasteiger partial charge in [-0.15, -0.1) is 5.10 Å². The minimum Gasteiger partial charge on any atom is -0.497 e. The molecule has 4 aromatic rings. The zero-order chi connectivity index (χ0) is 25.5. The molecule has 1 heterocycles. The van der Waals surface area contributed by atoms with Crippen LogP contribution in [0.3, 0.4) is 0 Å². The Balaban J connectivity index is 1.68. The lowest BCUT2D eigenvalue weighted by Gasteiger charge is -2.23. The quantitative estimate of drug-likeness (QED) is 0.312. The fourth-order valence-corrected chi connectivity index (χ4v) is 3.91. The van der Waals surface area contributed by atoms with Gasteiger partial charge in [0.15, 0.2) is 0 Å². The van der Waals surface area contributed by atoms with Gasteiger partial charge in [0.05, 0.1) is 33.0 Å². The topological polar surface area (TPSA) is 69.5 Å². The molecule has 0 spiro atoms. The van der Waals surface area contributed by atoms with Crippen LogP contribution < -0.4 is 9.47 Å². The van der Waals surface area contributed by atoms with E-state index >= 15 is 0 Å². The van der Waals surface area contributed by atoms with Crippen LogP contribution in [0.1, 0.15) is 22.4 Å². The number of rotatable bonds is 9. The van der Waals surface area contributed by atoms with Crippen molar-refractivity contribution in [1.29, 1.82) is 0 Å². The first-order chi connectivity index (χ1) is 17.5. The molecule has 3 aromatic carbocycles. The van der Waals surface area contributed by atoms with Crippen molar-refractivity contribution in [2.45, 2.75) is 20.0 Å². The third kappa shape index (κ3) is 5.81. The molecule has 1 amide bonds. The highest BCUT2D eigenvalue weighted by Gasteiger charge is 2.21. The summed E-state index contributed by atoms with van der Waals surface area (Å²) in [6.07, 6.45) is 3.42. The number of nitrogens with zero attached hydrogens (tertiary/aromatic N) is 4. The summed E-state index contributed by atoms with van der Waals surface area (Å²) < 4.78 is 12.7. The normalized spacial score (nSPS) is 11.0. The van der Waals surface area contributed by atoms with E-state index in [-0.39, 0.29) is 5.91 Å².